The molecule has 0 radical (unpaired) electrons. The summed E-state index contributed by atoms with van der Waals surface area (Å²) in [6, 6.07) is 5.64. The lowest BCUT2D eigenvalue weighted by atomic mass is 10.1. The van der Waals surface area contributed by atoms with Crippen molar-refractivity contribution in [3.63, 3.8) is 0 Å². The largest absolute Gasteiger partial charge is 0.479 e. The summed E-state index contributed by atoms with van der Waals surface area (Å²) in [7, 11) is 0. The Kier molecular flexibility index (Phi) is 4.48. The molecule has 0 aliphatic heterocycles. The van der Waals surface area contributed by atoms with Crippen molar-refractivity contribution in [1.82, 2.24) is 4.98 Å². The van der Waals surface area contributed by atoms with E-state index in [-0.39, 0.29) is 12.2 Å². The van der Waals surface area contributed by atoms with Crippen LogP contribution in [0.5, 0.6) is 0 Å². The van der Waals surface area contributed by atoms with Crippen molar-refractivity contribution in [3.05, 3.63) is 35.0 Å². The summed E-state index contributed by atoms with van der Waals surface area (Å²) in [6.07, 6.45) is -2.78. The Hall–Kier alpha value is -1.99. The number of fused-ring (bicyclic) bond motifs is 1. The summed E-state index contributed by atoms with van der Waals surface area (Å²) in [5.41, 5.74) is -1.98. The van der Waals surface area contributed by atoms with Gasteiger partial charge in [0.25, 0.3) is 6.43 Å². The van der Waals surface area contributed by atoms with Crippen molar-refractivity contribution >= 4 is 34.2 Å². The minimum absolute atomic E-state index is 0.226. The van der Waals surface area contributed by atoms with Gasteiger partial charge in [-0.3, -0.25) is 0 Å². The number of carboxylic acid groups (broad SMARTS) is 1. The lowest BCUT2D eigenvalue weighted by molar-refractivity contribution is -0.155. The normalized spacial score (nSPS) is 14.1. The monoisotopic (exact) mass is 330 g/mol. The molecule has 0 aliphatic rings. The highest BCUT2D eigenvalue weighted by atomic mass is 35.5. The number of anilines is 1. The Morgan fingerprint density at radius 3 is 2.73 bits per heavy atom. The highest BCUT2D eigenvalue weighted by molar-refractivity contribution is 6.31. The average molecular weight is 331 g/mol. The summed E-state index contributed by atoms with van der Waals surface area (Å²) < 4.78 is 25.8. The van der Waals surface area contributed by atoms with E-state index in [1.807, 2.05) is 0 Å². The van der Waals surface area contributed by atoms with Gasteiger partial charge in [-0.25, -0.2) is 18.6 Å². The first-order valence-corrected chi connectivity index (χ1v) is 6.66. The molecule has 0 saturated carbocycles. The highest BCUT2D eigenvalue weighted by Gasteiger charge is 2.29. The zero-order valence-corrected chi connectivity index (χ0v) is 12.2. The first-order chi connectivity index (χ1) is 10.2. The summed E-state index contributed by atoms with van der Waals surface area (Å²) >= 11 is 5.89. The molecule has 5 nitrogen and oxygen atoms in total. The fourth-order valence-electron chi connectivity index (χ4n) is 1.82. The molecular formula is C14H13ClF2N2O3. The lowest BCUT2D eigenvalue weighted by Crippen LogP contribution is -2.41. The van der Waals surface area contributed by atoms with Crippen LogP contribution in [0.1, 0.15) is 19.0 Å². The predicted octanol–water partition coefficient (Wildman–Crippen LogP) is 3.07. The van der Waals surface area contributed by atoms with Crippen LogP contribution < -0.4 is 5.32 Å². The van der Waals surface area contributed by atoms with Gasteiger partial charge in [0, 0.05) is 16.1 Å². The summed E-state index contributed by atoms with van der Waals surface area (Å²) in [4.78, 5) is 14.7. The van der Waals surface area contributed by atoms with Crippen LogP contribution in [0.4, 0.5) is 14.5 Å². The standard InChI is InChI=1S/C14H13ClF2N2O3/c1-14(22,13(20)21)6-18-10-5-11(12(16)17)19-9-3-2-7(15)4-8(9)10/h2-5,12,22H,6H2,1H3,(H,18,19)(H,20,21). The average Bonchev–Trinajstić information content (AvgIpc) is 2.44. The third-order valence-corrected chi connectivity index (χ3v) is 3.33. The number of rotatable bonds is 5. The second-order valence-corrected chi connectivity index (χ2v) is 5.43. The Bertz CT molecular complexity index is 723. The molecule has 0 aliphatic carbocycles. The van der Waals surface area contributed by atoms with Gasteiger partial charge < -0.3 is 15.5 Å². The Morgan fingerprint density at radius 1 is 1.45 bits per heavy atom. The van der Waals surface area contributed by atoms with E-state index >= 15 is 0 Å². The van der Waals surface area contributed by atoms with Crippen LogP contribution in [0, 0.1) is 0 Å². The number of halogens is 3. The Balaban J connectivity index is 2.46. The number of alkyl halides is 2. The SMILES string of the molecule is CC(O)(CNc1cc(C(F)F)nc2ccc(Cl)cc12)C(=O)O. The molecule has 0 bridgehead atoms. The number of carboxylic acids is 1. The van der Waals surface area contributed by atoms with Gasteiger partial charge in [-0.15, -0.1) is 0 Å². The van der Waals surface area contributed by atoms with Gasteiger partial charge in [0.05, 0.1) is 12.1 Å². The number of aromatic nitrogens is 1. The van der Waals surface area contributed by atoms with E-state index in [9.17, 15) is 18.7 Å². The van der Waals surface area contributed by atoms with E-state index in [0.29, 0.717) is 15.9 Å². The van der Waals surface area contributed by atoms with Crippen LogP contribution in [0.15, 0.2) is 24.3 Å². The minimum Gasteiger partial charge on any atom is -0.479 e. The molecule has 1 heterocycles. The van der Waals surface area contributed by atoms with Crippen LogP contribution in [-0.2, 0) is 4.79 Å². The number of nitrogens with zero attached hydrogens (tertiary/aromatic N) is 1. The molecule has 2 aromatic rings. The van der Waals surface area contributed by atoms with E-state index in [0.717, 1.165) is 13.0 Å². The van der Waals surface area contributed by atoms with Crippen LogP contribution >= 0.6 is 11.6 Å². The number of hydrogen-bond acceptors (Lipinski definition) is 4. The number of nitrogens with one attached hydrogen (secondary N) is 1. The highest BCUT2D eigenvalue weighted by Crippen LogP contribution is 2.30. The zero-order valence-electron chi connectivity index (χ0n) is 11.5. The molecule has 3 N–H and O–H groups in total. The molecular weight excluding hydrogens is 318 g/mol. The molecule has 2 rings (SSSR count). The van der Waals surface area contributed by atoms with Gasteiger partial charge in [0.1, 0.15) is 5.69 Å². The molecule has 8 heteroatoms. The van der Waals surface area contributed by atoms with E-state index in [2.05, 4.69) is 10.3 Å². The number of aliphatic hydroxyl groups is 1. The second kappa shape index (κ2) is 6.02. The van der Waals surface area contributed by atoms with Crippen molar-refractivity contribution in [2.24, 2.45) is 0 Å². The Morgan fingerprint density at radius 2 is 2.14 bits per heavy atom. The van der Waals surface area contributed by atoms with E-state index < -0.39 is 23.7 Å². The van der Waals surface area contributed by atoms with Crippen LogP contribution in [0.3, 0.4) is 0 Å². The van der Waals surface area contributed by atoms with Gasteiger partial charge in [0.2, 0.25) is 0 Å². The summed E-state index contributed by atoms with van der Waals surface area (Å²) in [5, 5.41) is 22.1. The third kappa shape index (κ3) is 3.42. The van der Waals surface area contributed by atoms with Crippen molar-refractivity contribution in [3.8, 4) is 0 Å². The third-order valence-electron chi connectivity index (χ3n) is 3.10. The first kappa shape index (κ1) is 16.4. The van der Waals surface area contributed by atoms with Crippen molar-refractivity contribution in [1.29, 1.82) is 0 Å². The van der Waals surface area contributed by atoms with Gasteiger partial charge >= 0.3 is 5.97 Å². The number of aliphatic carboxylic acids is 1. The maximum absolute atomic E-state index is 12.9. The molecule has 0 spiro atoms. The summed E-state index contributed by atoms with van der Waals surface area (Å²) in [5.74, 6) is -1.43. The van der Waals surface area contributed by atoms with Crippen molar-refractivity contribution in [2.45, 2.75) is 19.0 Å². The van der Waals surface area contributed by atoms with Gasteiger partial charge in [-0.05, 0) is 31.2 Å². The maximum Gasteiger partial charge on any atom is 0.337 e. The molecule has 0 amide bonds. The molecule has 0 saturated heterocycles. The molecule has 1 unspecified atom stereocenters. The smallest absolute Gasteiger partial charge is 0.337 e. The quantitative estimate of drug-likeness (QED) is 0.785. The molecule has 1 aromatic heterocycles. The lowest BCUT2D eigenvalue weighted by Gasteiger charge is -2.20. The van der Waals surface area contributed by atoms with Crippen LogP contribution in [-0.4, -0.2) is 33.3 Å². The maximum atomic E-state index is 12.9. The molecule has 118 valence electrons. The summed E-state index contributed by atoms with van der Waals surface area (Å²) in [6.45, 7) is 0.739. The van der Waals surface area contributed by atoms with Gasteiger partial charge in [0.15, 0.2) is 5.60 Å². The fourth-order valence-corrected chi connectivity index (χ4v) is 1.99. The van der Waals surface area contributed by atoms with Crippen LogP contribution in [0.25, 0.3) is 10.9 Å². The molecule has 1 aromatic carbocycles. The van der Waals surface area contributed by atoms with Crippen molar-refractivity contribution < 1.29 is 23.8 Å². The number of pyridine rings is 1. The minimum atomic E-state index is -2.78. The fraction of sp³-hybridized carbons (Fsp3) is 0.286. The number of hydrogen-bond donors (Lipinski definition) is 3. The van der Waals surface area contributed by atoms with E-state index in [1.54, 1.807) is 0 Å². The van der Waals surface area contributed by atoms with Gasteiger partial charge in [-0.2, -0.15) is 0 Å². The predicted molar refractivity (Wildman–Crippen MR) is 78.5 cm³/mol. The number of carbonyl (C=O) groups is 1. The van der Waals surface area contributed by atoms with Crippen molar-refractivity contribution in [2.75, 3.05) is 11.9 Å². The van der Waals surface area contributed by atoms with E-state index in [4.69, 9.17) is 16.7 Å². The second-order valence-electron chi connectivity index (χ2n) is 4.99. The van der Waals surface area contributed by atoms with Crippen LogP contribution in [0.2, 0.25) is 5.02 Å². The molecule has 22 heavy (non-hydrogen) atoms. The Labute approximate surface area is 129 Å². The van der Waals surface area contributed by atoms with E-state index in [1.165, 1.54) is 18.2 Å². The van der Waals surface area contributed by atoms with Gasteiger partial charge in [-0.1, -0.05) is 11.6 Å². The topological polar surface area (TPSA) is 82.5 Å². The molecule has 1 atom stereocenters. The zero-order chi connectivity index (χ0) is 16.5. The number of benzene rings is 1. The first-order valence-electron chi connectivity index (χ1n) is 6.29. The molecule has 0 fully saturated rings.